The number of nitrogens with one attached hydrogen (secondary N) is 2. The minimum atomic E-state index is -1.21. The van der Waals surface area contributed by atoms with Crippen LogP contribution in [-0.4, -0.2) is 51.6 Å². The van der Waals surface area contributed by atoms with E-state index in [1.807, 2.05) is 0 Å². The molecule has 1 aromatic carbocycles. The van der Waals surface area contributed by atoms with E-state index in [-0.39, 0.29) is 23.5 Å². The van der Waals surface area contributed by atoms with Crippen LogP contribution in [0.25, 0.3) is 0 Å². The van der Waals surface area contributed by atoms with E-state index in [4.69, 9.17) is 14.6 Å². The van der Waals surface area contributed by atoms with Gasteiger partial charge in [-0.15, -0.1) is 11.3 Å². The van der Waals surface area contributed by atoms with Crippen molar-refractivity contribution in [2.24, 2.45) is 5.92 Å². The Hall–Kier alpha value is -3.67. The van der Waals surface area contributed by atoms with Gasteiger partial charge in [0.05, 0.1) is 0 Å². The minimum absolute atomic E-state index is 0.0832. The van der Waals surface area contributed by atoms with Gasteiger partial charge in [-0.2, -0.15) is 0 Å². The average molecular weight is 458 g/mol. The number of carboxylic acids is 1. The lowest BCUT2D eigenvalue weighted by Crippen LogP contribution is -2.48. The third-order valence-corrected chi connectivity index (χ3v) is 6.28. The van der Waals surface area contributed by atoms with Crippen LogP contribution in [0.2, 0.25) is 0 Å². The number of carbonyl (C=O) groups is 4. The molecular formula is C20H18N4O7S. The first-order valence-corrected chi connectivity index (χ1v) is 10.8. The van der Waals surface area contributed by atoms with Gasteiger partial charge in [0.2, 0.25) is 12.7 Å². The van der Waals surface area contributed by atoms with E-state index >= 15 is 0 Å². The SMILES string of the molecule is O=C(O)c1csc(NC(=O)C(CC2CC2)N2C(=O)NC(c3ccc4c(c3)OCO4)C2=O)n1. The van der Waals surface area contributed by atoms with Crippen molar-refractivity contribution in [1.82, 2.24) is 15.2 Å². The Kier molecular flexibility index (Phi) is 4.93. The van der Waals surface area contributed by atoms with Crippen LogP contribution in [0.4, 0.5) is 9.93 Å². The van der Waals surface area contributed by atoms with E-state index in [9.17, 15) is 19.2 Å². The zero-order chi connectivity index (χ0) is 22.4. The van der Waals surface area contributed by atoms with Crippen molar-refractivity contribution >= 4 is 40.3 Å². The maximum absolute atomic E-state index is 13.2. The average Bonchev–Trinajstić information content (AvgIpc) is 3.14. The van der Waals surface area contributed by atoms with Crippen molar-refractivity contribution < 1.29 is 33.8 Å². The summed E-state index contributed by atoms with van der Waals surface area (Å²) in [6, 6.07) is 2.31. The molecule has 0 bridgehead atoms. The van der Waals surface area contributed by atoms with Crippen LogP contribution in [0.3, 0.4) is 0 Å². The first kappa shape index (κ1) is 20.2. The quantitative estimate of drug-likeness (QED) is 0.534. The monoisotopic (exact) mass is 458 g/mol. The van der Waals surface area contributed by atoms with Gasteiger partial charge in [-0.05, 0) is 30.0 Å². The fourth-order valence-electron chi connectivity index (χ4n) is 3.72. The van der Waals surface area contributed by atoms with Crippen molar-refractivity contribution in [3.63, 3.8) is 0 Å². The molecule has 3 N–H and O–H groups in total. The predicted octanol–water partition coefficient (Wildman–Crippen LogP) is 1.97. The summed E-state index contributed by atoms with van der Waals surface area (Å²) in [6.07, 6.45) is 2.16. The number of aromatic nitrogens is 1. The number of nitrogens with zero attached hydrogens (tertiary/aromatic N) is 2. The van der Waals surface area contributed by atoms with Crippen LogP contribution < -0.4 is 20.1 Å². The highest BCUT2D eigenvalue weighted by atomic mass is 32.1. The minimum Gasteiger partial charge on any atom is -0.476 e. The summed E-state index contributed by atoms with van der Waals surface area (Å²) < 4.78 is 10.6. The Morgan fingerprint density at radius 3 is 2.78 bits per heavy atom. The smallest absolute Gasteiger partial charge is 0.355 e. The number of anilines is 1. The van der Waals surface area contributed by atoms with Gasteiger partial charge in [0.1, 0.15) is 12.1 Å². The largest absolute Gasteiger partial charge is 0.476 e. The Balaban J connectivity index is 1.37. The zero-order valence-electron chi connectivity index (χ0n) is 16.6. The highest BCUT2D eigenvalue weighted by molar-refractivity contribution is 7.14. The number of hydrogen-bond acceptors (Lipinski definition) is 8. The molecule has 12 heteroatoms. The number of hydrogen-bond donors (Lipinski definition) is 3. The predicted molar refractivity (Wildman–Crippen MR) is 110 cm³/mol. The molecule has 2 aliphatic heterocycles. The number of rotatable bonds is 7. The number of fused-ring (bicyclic) bond motifs is 1. The van der Waals surface area contributed by atoms with Gasteiger partial charge in [-0.3, -0.25) is 9.59 Å². The molecule has 0 radical (unpaired) electrons. The molecule has 2 fully saturated rings. The van der Waals surface area contributed by atoms with Gasteiger partial charge in [-0.25, -0.2) is 19.5 Å². The van der Waals surface area contributed by atoms with E-state index in [0.717, 1.165) is 29.1 Å². The first-order chi connectivity index (χ1) is 15.4. The molecule has 2 aromatic rings. The topological polar surface area (TPSA) is 147 Å². The maximum atomic E-state index is 13.2. The standard InChI is InChI=1S/C20H18N4O7S/c25-16(23-19-21-11(7-32-19)18(27)28)12(5-9-1-2-9)24-17(26)15(22-20(24)29)10-3-4-13-14(6-10)31-8-30-13/h3-4,6-7,9,12,15H,1-2,5,8H2,(H,22,29)(H,27,28)(H,21,23,25). The van der Waals surface area contributed by atoms with Crippen molar-refractivity contribution in [2.45, 2.75) is 31.3 Å². The third-order valence-electron chi connectivity index (χ3n) is 5.52. The third kappa shape index (κ3) is 3.73. The summed E-state index contributed by atoms with van der Waals surface area (Å²) in [4.78, 5) is 54.8. The number of benzene rings is 1. The fraction of sp³-hybridized carbons (Fsp3) is 0.350. The molecule has 1 saturated heterocycles. The number of imide groups is 1. The summed E-state index contributed by atoms with van der Waals surface area (Å²) in [7, 11) is 0. The second-order valence-corrected chi connectivity index (χ2v) is 8.59. The van der Waals surface area contributed by atoms with Crippen LogP contribution in [0.15, 0.2) is 23.6 Å². The van der Waals surface area contributed by atoms with Crippen molar-refractivity contribution in [3.05, 3.63) is 34.8 Å². The number of amides is 4. The highest BCUT2D eigenvalue weighted by Crippen LogP contribution is 2.38. The maximum Gasteiger partial charge on any atom is 0.355 e. The number of aromatic carboxylic acids is 1. The van der Waals surface area contributed by atoms with E-state index in [1.54, 1.807) is 18.2 Å². The number of thiazole rings is 1. The molecule has 2 atom stereocenters. The van der Waals surface area contributed by atoms with Crippen molar-refractivity contribution in [1.29, 1.82) is 0 Å². The van der Waals surface area contributed by atoms with E-state index < -0.39 is 35.9 Å². The lowest BCUT2D eigenvalue weighted by atomic mass is 10.0. The van der Waals surface area contributed by atoms with Crippen LogP contribution in [0.1, 0.15) is 41.4 Å². The Morgan fingerprint density at radius 1 is 1.28 bits per heavy atom. The zero-order valence-corrected chi connectivity index (χ0v) is 17.4. The molecule has 2 unspecified atom stereocenters. The molecule has 3 heterocycles. The number of carboxylic acid groups (broad SMARTS) is 1. The Bertz CT molecular complexity index is 1130. The van der Waals surface area contributed by atoms with Gasteiger partial charge < -0.3 is 25.2 Å². The van der Waals surface area contributed by atoms with Crippen LogP contribution in [0.5, 0.6) is 11.5 Å². The molecule has 3 aliphatic rings. The van der Waals surface area contributed by atoms with E-state index in [0.29, 0.717) is 23.5 Å². The second-order valence-electron chi connectivity index (χ2n) is 7.73. The molecule has 11 nitrogen and oxygen atoms in total. The van der Waals surface area contributed by atoms with Crippen molar-refractivity contribution in [2.75, 3.05) is 12.1 Å². The van der Waals surface area contributed by atoms with Gasteiger partial charge >= 0.3 is 12.0 Å². The summed E-state index contributed by atoms with van der Waals surface area (Å²) in [6.45, 7) is 0.0832. The molecule has 0 spiro atoms. The molecule has 166 valence electrons. The van der Waals surface area contributed by atoms with Gasteiger partial charge in [0.25, 0.3) is 5.91 Å². The van der Waals surface area contributed by atoms with Crippen molar-refractivity contribution in [3.8, 4) is 11.5 Å². The second kappa shape index (κ2) is 7.79. The molecule has 1 aromatic heterocycles. The molecular weight excluding hydrogens is 440 g/mol. The molecule has 4 amide bonds. The van der Waals surface area contributed by atoms with Crippen LogP contribution >= 0.6 is 11.3 Å². The van der Waals surface area contributed by atoms with Gasteiger partial charge in [0.15, 0.2) is 22.3 Å². The first-order valence-electron chi connectivity index (χ1n) is 9.93. The fourth-order valence-corrected chi connectivity index (χ4v) is 4.41. The lowest BCUT2D eigenvalue weighted by molar-refractivity contribution is -0.134. The van der Waals surface area contributed by atoms with E-state index in [2.05, 4.69) is 15.6 Å². The number of urea groups is 1. The summed E-state index contributed by atoms with van der Waals surface area (Å²) in [5.41, 5.74) is 0.327. The van der Waals surface area contributed by atoms with Gasteiger partial charge in [-0.1, -0.05) is 18.9 Å². The lowest BCUT2D eigenvalue weighted by Gasteiger charge is -2.24. The number of ether oxygens (including phenoxy) is 2. The normalized spacial score (nSPS) is 20.2. The molecule has 1 saturated carbocycles. The molecule has 1 aliphatic carbocycles. The summed E-state index contributed by atoms with van der Waals surface area (Å²) >= 11 is 0.957. The summed E-state index contributed by atoms with van der Waals surface area (Å²) in [5, 5.41) is 15.6. The van der Waals surface area contributed by atoms with Crippen LogP contribution in [-0.2, 0) is 9.59 Å². The Labute approximate surface area is 185 Å². The van der Waals surface area contributed by atoms with Gasteiger partial charge in [0, 0.05) is 5.38 Å². The highest BCUT2D eigenvalue weighted by Gasteiger charge is 2.47. The number of carbonyl (C=O) groups excluding carboxylic acids is 3. The van der Waals surface area contributed by atoms with Crippen LogP contribution in [0, 0.1) is 5.92 Å². The Morgan fingerprint density at radius 2 is 2.06 bits per heavy atom. The van der Waals surface area contributed by atoms with E-state index in [1.165, 1.54) is 5.38 Å². The molecule has 5 rings (SSSR count). The summed E-state index contributed by atoms with van der Waals surface area (Å²) in [5.74, 6) is -1.07. The molecule has 32 heavy (non-hydrogen) atoms.